The molecule has 1 aromatic rings. The molecule has 0 fully saturated rings. The standard InChI is InChI=1S/C13H14ClN5O2S/c1-6-2-3-7(14)4-8(6)17-10(20)5-9-11(21)18-13(22-9)19-12(15)16/h2-4,9H,5H2,1H3,(H,17,20)(H4,15,16,18,19,21)/t9-/m0/s1. The number of halogens is 1. The molecule has 1 heterocycles. The van der Waals surface area contributed by atoms with E-state index in [1.165, 1.54) is 0 Å². The fourth-order valence-electron chi connectivity index (χ4n) is 1.76. The van der Waals surface area contributed by atoms with Crippen molar-refractivity contribution in [3.63, 3.8) is 0 Å². The van der Waals surface area contributed by atoms with Crippen molar-refractivity contribution in [2.45, 2.75) is 18.6 Å². The molecule has 2 rings (SSSR count). The molecule has 0 aromatic heterocycles. The summed E-state index contributed by atoms with van der Waals surface area (Å²) in [6, 6.07) is 5.19. The summed E-state index contributed by atoms with van der Waals surface area (Å²) in [5, 5.41) is 2.79. The number of carbonyl (C=O) groups excluding carboxylic acids is 2. The normalized spacial score (nSPS) is 17.1. The molecule has 0 saturated heterocycles. The minimum Gasteiger partial charge on any atom is -0.370 e. The summed E-state index contributed by atoms with van der Waals surface area (Å²) in [5.41, 5.74) is 11.9. The first kappa shape index (κ1) is 16.3. The second-order valence-corrected chi connectivity index (χ2v) is 6.19. The van der Waals surface area contributed by atoms with Gasteiger partial charge in [0.2, 0.25) is 5.91 Å². The molecule has 22 heavy (non-hydrogen) atoms. The highest BCUT2D eigenvalue weighted by molar-refractivity contribution is 8.15. The molecule has 1 atom stereocenters. The molecule has 7 nitrogen and oxygen atoms in total. The Kier molecular flexibility index (Phi) is 5.04. The summed E-state index contributed by atoms with van der Waals surface area (Å²) >= 11 is 6.95. The largest absolute Gasteiger partial charge is 0.370 e. The van der Waals surface area contributed by atoms with Gasteiger partial charge in [0.15, 0.2) is 11.1 Å². The predicted molar refractivity (Wildman–Crippen MR) is 89.1 cm³/mol. The molecule has 0 saturated carbocycles. The first-order valence-corrected chi connectivity index (χ1v) is 7.55. The maximum Gasteiger partial charge on any atom is 0.262 e. The average molecular weight is 340 g/mol. The molecular weight excluding hydrogens is 326 g/mol. The van der Waals surface area contributed by atoms with Gasteiger partial charge < -0.3 is 16.8 Å². The highest BCUT2D eigenvalue weighted by Crippen LogP contribution is 2.27. The highest BCUT2D eigenvalue weighted by atomic mass is 35.5. The minimum atomic E-state index is -0.627. The molecule has 1 aliphatic heterocycles. The molecule has 1 aromatic carbocycles. The summed E-state index contributed by atoms with van der Waals surface area (Å²) in [6.07, 6.45) is -0.0253. The number of nitrogens with one attached hydrogen (secondary N) is 1. The number of thioether (sulfide) groups is 1. The number of amidine groups is 1. The van der Waals surface area contributed by atoms with Crippen LogP contribution in [-0.4, -0.2) is 28.2 Å². The Morgan fingerprint density at radius 3 is 2.91 bits per heavy atom. The van der Waals surface area contributed by atoms with E-state index in [4.69, 9.17) is 23.1 Å². The third-order valence-electron chi connectivity index (χ3n) is 2.80. The quantitative estimate of drug-likeness (QED) is 0.565. The van der Waals surface area contributed by atoms with Gasteiger partial charge in [-0.1, -0.05) is 29.4 Å². The Hall–Kier alpha value is -2.06. The molecule has 1 aliphatic rings. The number of amides is 2. The number of aryl methyl sites for hydroxylation is 1. The van der Waals surface area contributed by atoms with Crippen LogP contribution in [0, 0.1) is 6.92 Å². The number of nitrogens with zero attached hydrogens (tertiary/aromatic N) is 2. The topological polar surface area (TPSA) is 123 Å². The van der Waals surface area contributed by atoms with Crippen molar-refractivity contribution in [1.29, 1.82) is 0 Å². The molecule has 0 radical (unpaired) electrons. The molecule has 0 spiro atoms. The highest BCUT2D eigenvalue weighted by Gasteiger charge is 2.30. The number of nitrogens with two attached hydrogens (primary N) is 2. The van der Waals surface area contributed by atoms with Crippen molar-refractivity contribution in [2.24, 2.45) is 21.5 Å². The maximum absolute atomic E-state index is 12.1. The number of guanidine groups is 1. The van der Waals surface area contributed by atoms with Crippen molar-refractivity contribution in [2.75, 3.05) is 5.32 Å². The monoisotopic (exact) mass is 339 g/mol. The van der Waals surface area contributed by atoms with Gasteiger partial charge in [0.1, 0.15) is 5.25 Å². The van der Waals surface area contributed by atoms with Crippen LogP contribution in [-0.2, 0) is 9.59 Å². The average Bonchev–Trinajstić information content (AvgIpc) is 2.73. The fourth-order valence-corrected chi connectivity index (χ4v) is 2.88. The summed E-state index contributed by atoms with van der Waals surface area (Å²) in [4.78, 5) is 31.2. The molecule has 5 N–H and O–H groups in total. The molecular formula is C13H14ClN5O2S. The van der Waals surface area contributed by atoms with Crippen molar-refractivity contribution in [1.82, 2.24) is 0 Å². The third kappa shape index (κ3) is 4.22. The van der Waals surface area contributed by atoms with Crippen LogP contribution in [0.2, 0.25) is 5.02 Å². The van der Waals surface area contributed by atoms with E-state index in [9.17, 15) is 9.59 Å². The first-order chi connectivity index (χ1) is 10.3. The van der Waals surface area contributed by atoms with Gasteiger partial charge in [-0.05, 0) is 24.6 Å². The van der Waals surface area contributed by atoms with E-state index < -0.39 is 11.2 Å². The molecule has 9 heteroatoms. The van der Waals surface area contributed by atoms with Crippen molar-refractivity contribution in [3.8, 4) is 0 Å². The molecule has 2 amide bonds. The number of anilines is 1. The summed E-state index contributed by atoms with van der Waals surface area (Å²) < 4.78 is 0. The Morgan fingerprint density at radius 1 is 1.50 bits per heavy atom. The molecule has 0 aliphatic carbocycles. The number of benzene rings is 1. The van der Waals surface area contributed by atoms with Gasteiger partial charge in [0.05, 0.1) is 0 Å². The lowest BCUT2D eigenvalue weighted by Gasteiger charge is -2.10. The molecule has 0 bridgehead atoms. The number of carbonyl (C=O) groups is 2. The van der Waals surface area contributed by atoms with Crippen LogP contribution in [0.25, 0.3) is 0 Å². The Morgan fingerprint density at radius 2 is 2.23 bits per heavy atom. The summed E-state index contributed by atoms with van der Waals surface area (Å²) in [5.74, 6) is -0.918. The Labute approximate surface area is 136 Å². The molecule has 116 valence electrons. The van der Waals surface area contributed by atoms with Gasteiger partial charge >= 0.3 is 0 Å². The van der Waals surface area contributed by atoms with E-state index >= 15 is 0 Å². The van der Waals surface area contributed by atoms with E-state index in [0.29, 0.717) is 10.7 Å². The number of aliphatic imine (C=N–C) groups is 2. The van der Waals surface area contributed by atoms with Crippen molar-refractivity contribution in [3.05, 3.63) is 28.8 Å². The zero-order valence-electron chi connectivity index (χ0n) is 11.7. The van der Waals surface area contributed by atoms with E-state index in [-0.39, 0.29) is 23.5 Å². The lowest BCUT2D eigenvalue weighted by molar-refractivity contribution is -0.121. The van der Waals surface area contributed by atoms with Gasteiger partial charge in [-0.15, -0.1) is 0 Å². The van der Waals surface area contributed by atoms with Crippen molar-refractivity contribution < 1.29 is 9.59 Å². The van der Waals surface area contributed by atoms with E-state index in [2.05, 4.69) is 15.3 Å². The van der Waals surface area contributed by atoms with E-state index in [0.717, 1.165) is 17.3 Å². The van der Waals surface area contributed by atoms with Gasteiger partial charge in [-0.2, -0.15) is 9.98 Å². The smallest absolute Gasteiger partial charge is 0.262 e. The van der Waals surface area contributed by atoms with Crippen LogP contribution in [0.15, 0.2) is 28.2 Å². The van der Waals surface area contributed by atoms with Gasteiger partial charge in [-0.3, -0.25) is 9.59 Å². The van der Waals surface area contributed by atoms with Crippen molar-refractivity contribution >= 4 is 52.0 Å². The van der Waals surface area contributed by atoms with E-state index in [1.54, 1.807) is 18.2 Å². The zero-order chi connectivity index (χ0) is 16.3. The summed E-state index contributed by atoms with van der Waals surface area (Å²) in [6.45, 7) is 1.85. The third-order valence-corrected chi connectivity index (χ3v) is 4.08. The first-order valence-electron chi connectivity index (χ1n) is 6.30. The van der Waals surface area contributed by atoms with Crippen LogP contribution < -0.4 is 16.8 Å². The number of hydrogen-bond acceptors (Lipinski definition) is 4. The van der Waals surface area contributed by atoms with Gasteiger partial charge in [-0.25, -0.2) is 0 Å². The van der Waals surface area contributed by atoms with Gasteiger partial charge in [0.25, 0.3) is 5.91 Å². The van der Waals surface area contributed by atoms with Crippen LogP contribution >= 0.6 is 23.4 Å². The van der Waals surface area contributed by atoms with Crippen LogP contribution in [0.4, 0.5) is 5.69 Å². The Balaban J connectivity index is 1.98. The second-order valence-electron chi connectivity index (χ2n) is 4.59. The Bertz CT molecular complexity index is 685. The zero-order valence-corrected chi connectivity index (χ0v) is 13.2. The maximum atomic E-state index is 12.1. The van der Waals surface area contributed by atoms with Crippen LogP contribution in [0.3, 0.4) is 0 Å². The predicted octanol–water partition coefficient (Wildman–Crippen LogP) is 1.25. The second kappa shape index (κ2) is 6.80. The molecule has 0 unspecified atom stereocenters. The number of hydrogen-bond donors (Lipinski definition) is 3. The minimum absolute atomic E-state index is 0.0253. The van der Waals surface area contributed by atoms with Crippen LogP contribution in [0.1, 0.15) is 12.0 Å². The van der Waals surface area contributed by atoms with E-state index in [1.807, 2.05) is 6.92 Å². The summed E-state index contributed by atoms with van der Waals surface area (Å²) in [7, 11) is 0. The lowest BCUT2D eigenvalue weighted by Crippen LogP contribution is -2.23. The fraction of sp³-hybridized carbons (Fsp3) is 0.231. The lowest BCUT2D eigenvalue weighted by atomic mass is 10.2. The van der Waals surface area contributed by atoms with Crippen LogP contribution in [0.5, 0.6) is 0 Å². The number of rotatable bonds is 3. The van der Waals surface area contributed by atoms with Gasteiger partial charge in [0, 0.05) is 17.1 Å². The SMILES string of the molecule is Cc1ccc(Cl)cc1NC(=O)C[C@@H]1SC(N=C(N)N)=NC1=O.